The van der Waals surface area contributed by atoms with Gasteiger partial charge < -0.3 is 10.6 Å². The molecule has 1 saturated heterocycles. The van der Waals surface area contributed by atoms with E-state index in [9.17, 15) is 4.79 Å². The molecule has 0 radical (unpaired) electrons. The number of halogens is 1. The van der Waals surface area contributed by atoms with Gasteiger partial charge in [0.15, 0.2) is 0 Å². The largest absolute Gasteiger partial charge is 0.323 e. The van der Waals surface area contributed by atoms with E-state index < -0.39 is 0 Å². The van der Waals surface area contributed by atoms with Gasteiger partial charge in [0.2, 0.25) is 5.91 Å². The highest BCUT2D eigenvalue weighted by Crippen LogP contribution is 2.12. The molecule has 86 valence electrons. The molecular weight excluding hydrogens is 226 g/mol. The van der Waals surface area contributed by atoms with E-state index in [-0.39, 0.29) is 11.9 Å². The fraction of sp³-hybridized carbons (Fsp3) is 0.455. The molecule has 0 aromatic carbocycles. The van der Waals surface area contributed by atoms with Crippen molar-refractivity contribution >= 4 is 23.2 Å². The lowest BCUT2D eigenvalue weighted by Gasteiger charge is -2.22. The van der Waals surface area contributed by atoms with Crippen molar-refractivity contribution in [3.05, 3.63) is 23.5 Å². The summed E-state index contributed by atoms with van der Waals surface area (Å²) in [6, 6.07) is 3.33. The third-order valence-electron chi connectivity index (χ3n) is 2.62. The number of carbonyl (C=O) groups excluding carboxylic acids is 1. The molecule has 0 spiro atoms. The monoisotopic (exact) mass is 239 g/mol. The quantitative estimate of drug-likeness (QED) is 0.774. The molecule has 1 aliphatic rings. The van der Waals surface area contributed by atoms with Crippen molar-refractivity contribution in [2.75, 3.05) is 11.9 Å². The van der Waals surface area contributed by atoms with Gasteiger partial charge in [-0.05, 0) is 31.5 Å². The Morgan fingerprint density at radius 3 is 3.00 bits per heavy atom. The molecule has 1 aromatic rings. The Bertz CT molecular complexity index is 360. The van der Waals surface area contributed by atoms with E-state index in [1.165, 1.54) is 0 Å². The molecule has 1 aromatic heterocycles. The van der Waals surface area contributed by atoms with Crippen LogP contribution in [0.1, 0.15) is 19.3 Å². The highest BCUT2D eigenvalue weighted by molar-refractivity contribution is 6.29. The Morgan fingerprint density at radius 2 is 2.38 bits per heavy atom. The average molecular weight is 240 g/mol. The van der Waals surface area contributed by atoms with E-state index in [1.54, 1.807) is 18.3 Å². The molecule has 1 fully saturated rings. The van der Waals surface area contributed by atoms with Crippen LogP contribution in [0.5, 0.6) is 0 Å². The van der Waals surface area contributed by atoms with Crippen molar-refractivity contribution in [2.24, 2.45) is 0 Å². The zero-order valence-electron chi connectivity index (χ0n) is 8.87. The first-order valence-corrected chi connectivity index (χ1v) is 5.79. The number of nitrogens with one attached hydrogen (secondary N) is 2. The lowest BCUT2D eigenvalue weighted by molar-refractivity contribution is -0.118. The lowest BCUT2D eigenvalue weighted by atomic mass is 10.0. The van der Waals surface area contributed by atoms with Crippen molar-refractivity contribution < 1.29 is 4.79 Å². The van der Waals surface area contributed by atoms with Gasteiger partial charge in [0, 0.05) is 0 Å². The van der Waals surface area contributed by atoms with Crippen LogP contribution in [-0.4, -0.2) is 23.5 Å². The summed E-state index contributed by atoms with van der Waals surface area (Å²) in [5.74, 6) is 0.00354. The number of amides is 1. The lowest BCUT2D eigenvalue weighted by Crippen LogP contribution is -2.43. The molecule has 4 nitrogen and oxygen atoms in total. The summed E-state index contributed by atoms with van der Waals surface area (Å²) in [6.45, 7) is 0.914. The number of rotatable bonds is 2. The van der Waals surface area contributed by atoms with Crippen molar-refractivity contribution in [1.82, 2.24) is 10.3 Å². The standard InChI is InChI=1S/C11H14ClN3O/c12-10-5-4-8(7-14-10)15-11(16)9-3-1-2-6-13-9/h4-5,7,9,13H,1-3,6H2,(H,15,16). The number of hydrogen-bond acceptors (Lipinski definition) is 3. The Balaban J connectivity index is 1.93. The minimum Gasteiger partial charge on any atom is -0.323 e. The second-order valence-corrected chi connectivity index (χ2v) is 4.25. The summed E-state index contributed by atoms with van der Waals surface area (Å²) in [5, 5.41) is 6.43. The van der Waals surface area contributed by atoms with Crippen LogP contribution in [-0.2, 0) is 4.79 Å². The maximum atomic E-state index is 11.8. The van der Waals surface area contributed by atoms with Crippen LogP contribution in [0.15, 0.2) is 18.3 Å². The number of aromatic nitrogens is 1. The van der Waals surface area contributed by atoms with Gasteiger partial charge in [0.05, 0.1) is 17.9 Å². The minimum absolute atomic E-state index is 0.00354. The molecule has 5 heteroatoms. The molecule has 1 aliphatic heterocycles. The molecule has 16 heavy (non-hydrogen) atoms. The SMILES string of the molecule is O=C(Nc1ccc(Cl)nc1)C1CCCCN1. The van der Waals surface area contributed by atoms with Gasteiger partial charge in [-0.25, -0.2) is 4.98 Å². The summed E-state index contributed by atoms with van der Waals surface area (Å²) >= 11 is 5.66. The van der Waals surface area contributed by atoms with E-state index >= 15 is 0 Å². The van der Waals surface area contributed by atoms with Gasteiger partial charge in [0.25, 0.3) is 0 Å². The highest BCUT2D eigenvalue weighted by atomic mass is 35.5. The van der Waals surface area contributed by atoms with Crippen molar-refractivity contribution in [2.45, 2.75) is 25.3 Å². The summed E-state index contributed by atoms with van der Waals surface area (Å²) in [5.41, 5.74) is 0.682. The van der Waals surface area contributed by atoms with E-state index in [2.05, 4.69) is 15.6 Å². The first kappa shape index (κ1) is 11.4. The average Bonchev–Trinajstić information content (AvgIpc) is 2.33. The first-order valence-electron chi connectivity index (χ1n) is 5.41. The van der Waals surface area contributed by atoms with E-state index in [0.717, 1.165) is 25.8 Å². The Hall–Kier alpha value is -1.13. The van der Waals surface area contributed by atoms with Crippen LogP contribution in [0.3, 0.4) is 0 Å². The number of carbonyl (C=O) groups is 1. The number of nitrogens with zero attached hydrogens (tertiary/aromatic N) is 1. The predicted octanol–water partition coefficient (Wildman–Crippen LogP) is 1.82. The maximum Gasteiger partial charge on any atom is 0.241 e. The Kier molecular flexibility index (Phi) is 3.74. The second-order valence-electron chi connectivity index (χ2n) is 3.86. The fourth-order valence-electron chi connectivity index (χ4n) is 1.75. The van der Waals surface area contributed by atoms with Crippen LogP contribution in [0, 0.1) is 0 Å². The second kappa shape index (κ2) is 5.27. The predicted molar refractivity (Wildman–Crippen MR) is 63.5 cm³/mol. The molecule has 0 aliphatic carbocycles. The van der Waals surface area contributed by atoms with Crippen LogP contribution in [0.4, 0.5) is 5.69 Å². The minimum atomic E-state index is -0.0792. The molecule has 1 unspecified atom stereocenters. The van der Waals surface area contributed by atoms with E-state index in [0.29, 0.717) is 10.8 Å². The summed E-state index contributed by atoms with van der Waals surface area (Å²) in [7, 11) is 0. The van der Waals surface area contributed by atoms with Crippen LogP contribution < -0.4 is 10.6 Å². The molecule has 0 saturated carbocycles. The molecule has 0 bridgehead atoms. The maximum absolute atomic E-state index is 11.8. The van der Waals surface area contributed by atoms with Crippen LogP contribution >= 0.6 is 11.6 Å². The van der Waals surface area contributed by atoms with Crippen molar-refractivity contribution in [1.29, 1.82) is 0 Å². The van der Waals surface area contributed by atoms with Gasteiger partial charge >= 0.3 is 0 Å². The molecule has 2 heterocycles. The van der Waals surface area contributed by atoms with Gasteiger partial charge in [-0.15, -0.1) is 0 Å². The third kappa shape index (κ3) is 2.93. The summed E-state index contributed by atoms with van der Waals surface area (Å²) in [6.07, 6.45) is 4.70. The van der Waals surface area contributed by atoms with Crippen LogP contribution in [0.25, 0.3) is 0 Å². The number of hydrogen-bond donors (Lipinski definition) is 2. The fourth-order valence-corrected chi connectivity index (χ4v) is 1.87. The zero-order valence-corrected chi connectivity index (χ0v) is 9.63. The smallest absolute Gasteiger partial charge is 0.241 e. The van der Waals surface area contributed by atoms with Crippen LogP contribution in [0.2, 0.25) is 5.15 Å². The molecular formula is C11H14ClN3O. The van der Waals surface area contributed by atoms with Gasteiger partial charge in [0.1, 0.15) is 5.15 Å². The van der Waals surface area contributed by atoms with Gasteiger partial charge in [-0.2, -0.15) is 0 Å². The number of anilines is 1. The Labute approximate surface area is 99.4 Å². The highest BCUT2D eigenvalue weighted by Gasteiger charge is 2.20. The van der Waals surface area contributed by atoms with Gasteiger partial charge in [-0.1, -0.05) is 18.0 Å². The normalized spacial score (nSPS) is 20.4. The van der Waals surface area contributed by atoms with Gasteiger partial charge in [-0.3, -0.25) is 4.79 Å². The molecule has 1 amide bonds. The first-order chi connectivity index (χ1) is 7.75. The van der Waals surface area contributed by atoms with Crippen molar-refractivity contribution in [3.63, 3.8) is 0 Å². The van der Waals surface area contributed by atoms with E-state index in [4.69, 9.17) is 11.6 Å². The van der Waals surface area contributed by atoms with Crippen molar-refractivity contribution in [3.8, 4) is 0 Å². The van der Waals surface area contributed by atoms with E-state index in [1.807, 2.05) is 0 Å². The topological polar surface area (TPSA) is 54.0 Å². The third-order valence-corrected chi connectivity index (χ3v) is 2.85. The molecule has 1 atom stereocenters. The molecule has 2 N–H and O–H groups in total. The molecule has 2 rings (SSSR count). The summed E-state index contributed by atoms with van der Waals surface area (Å²) < 4.78 is 0. The number of pyridine rings is 1. The summed E-state index contributed by atoms with van der Waals surface area (Å²) in [4.78, 5) is 15.7. The number of piperidine rings is 1. The Morgan fingerprint density at radius 1 is 1.50 bits per heavy atom. The zero-order chi connectivity index (χ0) is 11.4.